The van der Waals surface area contributed by atoms with Gasteiger partial charge in [-0.15, -0.1) is 0 Å². The van der Waals surface area contributed by atoms with E-state index in [1.54, 1.807) is 4.90 Å². The van der Waals surface area contributed by atoms with E-state index in [4.69, 9.17) is 9.84 Å². The highest BCUT2D eigenvalue weighted by Crippen LogP contribution is 2.24. The molecule has 2 heterocycles. The number of fused-ring (bicyclic) bond motifs is 1. The molecule has 2 aliphatic heterocycles. The molecule has 7 heteroatoms. The van der Waals surface area contributed by atoms with Crippen molar-refractivity contribution in [2.24, 2.45) is 5.92 Å². The van der Waals surface area contributed by atoms with Crippen molar-refractivity contribution in [3.8, 4) is 0 Å². The number of hydrogen-bond acceptors (Lipinski definition) is 5. The monoisotopic (exact) mass is 352 g/mol. The summed E-state index contributed by atoms with van der Waals surface area (Å²) in [5, 5.41) is 11.4. The van der Waals surface area contributed by atoms with Crippen LogP contribution < -0.4 is 5.32 Å². The van der Waals surface area contributed by atoms with Gasteiger partial charge < -0.3 is 20.1 Å². The highest BCUT2D eigenvalue weighted by Gasteiger charge is 2.34. The zero-order chi connectivity index (χ0) is 18.1. The Balaban J connectivity index is 2.07. The summed E-state index contributed by atoms with van der Waals surface area (Å²) in [6.07, 6.45) is 8.05. The number of carbonyl (C=O) groups excluding carboxylic acids is 3. The molecule has 0 radical (unpaired) electrons. The lowest BCUT2D eigenvalue weighted by Crippen LogP contribution is -2.43. The van der Waals surface area contributed by atoms with Gasteiger partial charge in [0.25, 0.3) is 0 Å². The van der Waals surface area contributed by atoms with Crippen LogP contribution in [0.3, 0.4) is 0 Å². The predicted molar refractivity (Wildman–Crippen MR) is 91.5 cm³/mol. The molecular formula is C18H28N2O5. The van der Waals surface area contributed by atoms with Crippen molar-refractivity contribution in [1.29, 1.82) is 0 Å². The Labute approximate surface area is 148 Å². The van der Waals surface area contributed by atoms with Gasteiger partial charge in [-0.3, -0.25) is 14.4 Å². The molecule has 1 saturated heterocycles. The number of allylic oxidation sites excluding steroid dienone is 2. The number of aliphatic hydroxyl groups is 1. The molecule has 0 saturated carbocycles. The van der Waals surface area contributed by atoms with Gasteiger partial charge in [0.05, 0.1) is 18.6 Å². The standard InChI is InChI=1S/C18H28N2O5/c21-11-9-19-16(22)12-14-6-3-1-2-4-8-17(23)25-13-15-7-5-10-20(15)18(14)24/h1,3,14-15,21H,2,4-13H2,(H,19,22)/b3-1-/t14-,15-/m1/s1. The molecule has 2 rings (SSSR count). The van der Waals surface area contributed by atoms with E-state index in [1.165, 1.54) is 0 Å². The van der Waals surface area contributed by atoms with Gasteiger partial charge in [-0.05, 0) is 32.1 Å². The molecule has 0 bridgehead atoms. The summed E-state index contributed by atoms with van der Waals surface area (Å²) in [5.41, 5.74) is 0. The molecule has 2 N–H and O–H groups in total. The third-order valence-corrected chi connectivity index (χ3v) is 4.65. The Morgan fingerprint density at radius 3 is 2.96 bits per heavy atom. The second kappa shape index (κ2) is 10.2. The van der Waals surface area contributed by atoms with Gasteiger partial charge in [0.2, 0.25) is 11.8 Å². The van der Waals surface area contributed by atoms with Crippen LogP contribution in [0.5, 0.6) is 0 Å². The maximum Gasteiger partial charge on any atom is 0.305 e. The fourth-order valence-corrected chi connectivity index (χ4v) is 3.30. The van der Waals surface area contributed by atoms with E-state index in [1.807, 2.05) is 12.2 Å². The Kier molecular flexibility index (Phi) is 7.91. The molecule has 0 aromatic rings. The van der Waals surface area contributed by atoms with Crippen LogP contribution in [0.2, 0.25) is 0 Å². The first-order valence-corrected chi connectivity index (χ1v) is 9.10. The van der Waals surface area contributed by atoms with Crippen molar-refractivity contribution in [1.82, 2.24) is 10.2 Å². The van der Waals surface area contributed by atoms with Crippen LogP contribution in [0.4, 0.5) is 0 Å². The van der Waals surface area contributed by atoms with Gasteiger partial charge in [-0.25, -0.2) is 0 Å². The second-order valence-electron chi connectivity index (χ2n) is 6.58. The lowest BCUT2D eigenvalue weighted by atomic mass is 9.98. The summed E-state index contributed by atoms with van der Waals surface area (Å²) in [4.78, 5) is 38.4. The van der Waals surface area contributed by atoms with Crippen molar-refractivity contribution in [2.75, 3.05) is 26.3 Å². The van der Waals surface area contributed by atoms with Crippen molar-refractivity contribution in [3.63, 3.8) is 0 Å². The van der Waals surface area contributed by atoms with E-state index < -0.39 is 5.92 Å². The zero-order valence-corrected chi connectivity index (χ0v) is 14.6. The minimum Gasteiger partial charge on any atom is -0.463 e. The first-order chi connectivity index (χ1) is 12.1. The molecule has 0 aromatic heterocycles. The molecule has 0 aliphatic carbocycles. The van der Waals surface area contributed by atoms with E-state index >= 15 is 0 Å². The van der Waals surface area contributed by atoms with Crippen LogP contribution in [0.25, 0.3) is 0 Å². The average Bonchev–Trinajstić information content (AvgIpc) is 3.07. The van der Waals surface area contributed by atoms with Crippen LogP contribution in [0.15, 0.2) is 12.2 Å². The van der Waals surface area contributed by atoms with Gasteiger partial charge in [-0.1, -0.05) is 12.2 Å². The molecule has 2 atom stereocenters. The fraction of sp³-hybridized carbons (Fsp3) is 0.722. The number of nitrogens with one attached hydrogen (secondary N) is 1. The second-order valence-corrected chi connectivity index (χ2v) is 6.58. The van der Waals surface area contributed by atoms with Crippen LogP contribution in [0.1, 0.15) is 44.9 Å². The Morgan fingerprint density at radius 2 is 2.16 bits per heavy atom. The summed E-state index contributed by atoms with van der Waals surface area (Å²) in [5.74, 6) is -0.923. The van der Waals surface area contributed by atoms with Crippen molar-refractivity contribution >= 4 is 17.8 Å². The topological polar surface area (TPSA) is 95.9 Å². The first kappa shape index (κ1) is 19.4. The lowest BCUT2D eigenvalue weighted by Gasteiger charge is -2.28. The number of nitrogens with zero attached hydrogens (tertiary/aromatic N) is 1. The average molecular weight is 352 g/mol. The zero-order valence-electron chi connectivity index (χ0n) is 14.6. The van der Waals surface area contributed by atoms with Gasteiger partial charge in [0.15, 0.2) is 0 Å². The molecular weight excluding hydrogens is 324 g/mol. The number of ether oxygens (including phenoxy) is 1. The van der Waals surface area contributed by atoms with Gasteiger partial charge in [-0.2, -0.15) is 0 Å². The largest absolute Gasteiger partial charge is 0.463 e. The summed E-state index contributed by atoms with van der Waals surface area (Å²) in [6, 6.07) is -0.0933. The third kappa shape index (κ3) is 6.16. The highest BCUT2D eigenvalue weighted by atomic mass is 16.5. The fourth-order valence-electron chi connectivity index (χ4n) is 3.30. The van der Waals surface area contributed by atoms with Crippen LogP contribution in [-0.2, 0) is 19.1 Å². The van der Waals surface area contributed by atoms with Crippen molar-refractivity contribution < 1.29 is 24.2 Å². The molecule has 1 fully saturated rings. The number of cyclic esters (lactones) is 1. The van der Waals surface area contributed by atoms with Crippen LogP contribution >= 0.6 is 0 Å². The van der Waals surface area contributed by atoms with Crippen LogP contribution in [-0.4, -0.2) is 60.1 Å². The quantitative estimate of drug-likeness (QED) is 0.575. The molecule has 25 heavy (non-hydrogen) atoms. The molecule has 2 amide bonds. The molecule has 0 spiro atoms. The maximum atomic E-state index is 12.9. The third-order valence-electron chi connectivity index (χ3n) is 4.65. The smallest absolute Gasteiger partial charge is 0.305 e. The summed E-state index contributed by atoms with van der Waals surface area (Å²) in [6.45, 7) is 0.947. The minimum absolute atomic E-state index is 0.0541. The predicted octanol–water partition coefficient (Wildman–Crippen LogP) is 0.766. The number of esters is 1. The first-order valence-electron chi connectivity index (χ1n) is 9.10. The van der Waals surface area contributed by atoms with Gasteiger partial charge in [0.1, 0.15) is 6.61 Å². The molecule has 7 nitrogen and oxygen atoms in total. The van der Waals surface area contributed by atoms with Gasteiger partial charge >= 0.3 is 5.97 Å². The number of amides is 2. The molecule has 2 aliphatic rings. The summed E-state index contributed by atoms with van der Waals surface area (Å²) in [7, 11) is 0. The molecule has 0 unspecified atom stereocenters. The van der Waals surface area contributed by atoms with Crippen molar-refractivity contribution in [3.05, 3.63) is 12.2 Å². The SMILES string of the molecule is O=C(C[C@H]1C/C=C\CCCC(=O)OC[C@H]2CCCN2C1=O)NCCO. The van der Waals surface area contributed by atoms with E-state index in [9.17, 15) is 14.4 Å². The van der Waals surface area contributed by atoms with Crippen LogP contribution in [0, 0.1) is 5.92 Å². The lowest BCUT2D eigenvalue weighted by molar-refractivity contribution is -0.148. The maximum absolute atomic E-state index is 12.9. The number of rotatable bonds is 4. The summed E-state index contributed by atoms with van der Waals surface area (Å²) < 4.78 is 5.32. The molecule has 0 aromatic carbocycles. The van der Waals surface area contributed by atoms with E-state index in [2.05, 4.69) is 5.32 Å². The summed E-state index contributed by atoms with van der Waals surface area (Å²) >= 11 is 0. The van der Waals surface area contributed by atoms with E-state index in [-0.39, 0.29) is 50.0 Å². The minimum atomic E-state index is -0.424. The Hall–Kier alpha value is -1.89. The Bertz CT molecular complexity index is 506. The van der Waals surface area contributed by atoms with E-state index in [0.717, 1.165) is 25.7 Å². The van der Waals surface area contributed by atoms with Gasteiger partial charge in [0, 0.05) is 25.9 Å². The highest BCUT2D eigenvalue weighted by molar-refractivity contribution is 5.86. The number of carbonyl (C=O) groups is 3. The Morgan fingerprint density at radius 1 is 1.32 bits per heavy atom. The molecule has 140 valence electrons. The number of hydrogen-bond donors (Lipinski definition) is 2. The number of aliphatic hydroxyl groups excluding tert-OH is 1. The van der Waals surface area contributed by atoms with E-state index in [0.29, 0.717) is 19.4 Å². The normalized spacial score (nSPS) is 26.7. The van der Waals surface area contributed by atoms with Crippen molar-refractivity contribution in [2.45, 2.75) is 51.0 Å².